The molecular formula is C15H20BrN5. The zero-order valence-corrected chi connectivity index (χ0v) is 13.6. The monoisotopic (exact) mass is 349 g/mol. The summed E-state index contributed by atoms with van der Waals surface area (Å²) in [6.45, 7) is 6.53. The van der Waals surface area contributed by atoms with Gasteiger partial charge in [0.05, 0.1) is 0 Å². The molecule has 1 fully saturated rings. The number of nitrogens with zero attached hydrogens (tertiary/aromatic N) is 5. The topological polar surface area (TPSA) is 37.2 Å². The zero-order valence-electron chi connectivity index (χ0n) is 12.0. The summed E-state index contributed by atoms with van der Waals surface area (Å²) >= 11 is 3.54. The molecule has 0 N–H and O–H groups in total. The molecule has 1 aliphatic heterocycles. The van der Waals surface area contributed by atoms with E-state index in [2.05, 4.69) is 60.1 Å². The molecule has 1 aromatic heterocycles. The molecule has 5 nitrogen and oxygen atoms in total. The van der Waals surface area contributed by atoms with Crippen molar-refractivity contribution in [1.29, 1.82) is 0 Å². The third-order valence-electron chi connectivity index (χ3n) is 3.87. The first kappa shape index (κ1) is 14.5. The van der Waals surface area contributed by atoms with E-state index in [1.807, 2.05) is 4.68 Å². The Kier molecular flexibility index (Phi) is 4.87. The highest BCUT2D eigenvalue weighted by Gasteiger charge is 2.16. The molecule has 0 atom stereocenters. The molecule has 1 aliphatic rings. The van der Waals surface area contributed by atoms with Gasteiger partial charge in [-0.25, -0.2) is 4.98 Å². The second-order valence-electron chi connectivity index (χ2n) is 5.32. The van der Waals surface area contributed by atoms with Crippen LogP contribution in [0, 0.1) is 0 Å². The molecule has 21 heavy (non-hydrogen) atoms. The van der Waals surface area contributed by atoms with E-state index in [9.17, 15) is 0 Å². The largest absolute Gasteiger partial charge is 0.369 e. The molecule has 0 saturated carbocycles. The molecule has 0 radical (unpaired) electrons. The minimum absolute atomic E-state index is 0.950. The lowest BCUT2D eigenvalue weighted by Crippen LogP contribution is -2.46. The highest BCUT2D eigenvalue weighted by atomic mass is 79.9. The normalized spacial score (nSPS) is 16.3. The minimum atomic E-state index is 0.950. The van der Waals surface area contributed by atoms with E-state index in [-0.39, 0.29) is 0 Å². The molecule has 3 rings (SSSR count). The Balaban J connectivity index is 1.42. The van der Waals surface area contributed by atoms with Gasteiger partial charge in [0.1, 0.15) is 12.7 Å². The molecule has 2 heterocycles. The first-order chi connectivity index (χ1) is 10.3. The smallest absolute Gasteiger partial charge is 0.137 e. The molecule has 0 unspecified atom stereocenters. The molecule has 6 heteroatoms. The summed E-state index contributed by atoms with van der Waals surface area (Å²) in [5.74, 6) is 0. The molecule has 1 saturated heterocycles. The number of halogens is 1. The van der Waals surface area contributed by atoms with E-state index in [1.165, 1.54) is 5.69 Å². The van der Waals surface area contributed by atoms with Gasteiger partial charge in [-0.3, -0.25) is 9.58 Å². The summed E-state index contributed by atoms with van der Waals surface area (Å²) in [6, 6.07) is 8.55. The summed E-state index contributed by atoms with van der Waals surface area (Å²) < 4.78 is 3.05. The SMILES string of the molecule is Brc1cccc(N2CCN(CCCn3cncn3)CC2)c1. The van der Waals surface area contributed by atoms with Crippen molar-refractivity contribution in [3.05, 3.63) is 41.4 Å². The fourth-order valence-electron chi connectivity index (χ4n) is 2.71. The summed E-state index contributed by atoms with van der Waals surface area (Å²) in [4.78, 5) is 8.96. The highest BCUT2D eigenvalue weighted by Crippen LogP contribution is 2.21. The Morgan fingerprint density at radius 1 is 1.10 bits per heavy atom. The van der Waals surface area contributed by atoms with Gasteiger partial charge in [0.25, 0.3) is 0 Å². The Bertz CT molecular complexity index is 549. The van der Waals surface area contributed by atoms with Crippen LogP contribution in [-0.2, 0) is 6.54 Å². The second-order valence-corrected chi connectivity index (χ2v) is 6.24. The van der Waals surface area contributed by atoms with Crippen molar-refractivity contribution < 1.29 is 0 Å². The Morgan fingerprint density at radius 2 is 1.95 bits per heavy atom. The van der Waals surface area contributed by atoms with E-state index in [1.54, 1.807) is 12.7 Å². The van der Waals surface area contributed by atoms with Crippen LogP contribution in [0.25, 0.3) is 0 Å². The Labute approximate surface area is 133 Å². The second kappa shape index (κ2) is 7.04. The molecular weight excluding hydrogens is 330 g/mol. The first-order valence-corrected chi connectivity index (χ1v) is 8.16. The van der Waals surface area contributed by atoms with E-state index in [0.29, 0.717) is 0 Å². The third-order valence-corrected chi connectivity index (χ3v) is 4.37. The van der Waals surface area contributed by atoms with Crippen LogP contribution < -0.4 is 4.90 Å². The van der Waals surface area contributed by atoms with E-state index < -0.39 is 0 Å². The van der Waals surface area contributed by atoms with Gasteiger partial charge >= 0.3 is 0 Å². The van der Waals surface area contributed by atoms with Gasteiger partial charge in [0.2, 0.25) is 0 Å². The number of benzene rings is 1. The summed E-state index contributed by atoms with van der Waals surface area (Å²) in [7, 11) is 0. The molecule has 112 valence electrons. The van der Waals surface area contributed by atoms with Crippen LogP contribution in [0.1, 0.15) is 6.42 Å². The van der Waals surface area contributed by atoms with Crippen molar-refractivity contribution in [2.75, 3.05) is 37.6 Å². The van der Waals surface area contributed by atoms with Crippen molar-refractivity contribution in [3.8, 4) is 0 Å². The Morgan fingerprint density at radius 3 is 2.67 bits per heavy atom. The van der Waals surface area contributed by atoms with Crippen LogP contribution in [0.3, 0.4) is 0 Å². The van der Waals surface area contributed by atoms with Crippen molar-refractivity contribution in [3.63, 3.8) is 0 Å². The van der Waals surface area contributed by atoms with Crippen molar-refractivity contribution >= 4 is 21.6 Å². The average molecular weight is 350 g/mol. The molecule has 0 amide bonds. The lowest BCUT2D eigenvalue weighted by atomic mass is 10.2. The van der Waals surface area contributed by atoms with Gasteiger partial charge in [-0.05, 0) is 24.6 Å². The van der Waals surface area contributed by atoms with Gasteiger partial charge in [0.15, 0.2) is 0 Å². The zero-order chi connectivity index (χ0) is 14.5. The highest BCUT2D eigenvalue weighted by molar-refractivity contribution is 9.10. The maximum absolute atomic E-state index is 4.13. The minimum Gasteiger partial charge on any atom is -0.369 e. The number of rotatable bonds is 5. The summed E-state index contributed by atoms with van der Waals surface area (Å²) in [5.41, 5.74) is 1.31. The fraction of sp³-hybridized carbons (Fsp3) is 0.467. The fourth-order valence-corrected chi connectivity index (χ4v) is 3.09. The van der Waals surface area contributed by atoms with Crippen LogP contribution in [0.5, 0.6) is 0 Å². The molecule has 1 aromatic carbocycles. The number of piperazine rings is 1. The number of anilines is 1. The van der Waals surface area contributed by atoms with E-state index >= 15 is 0 Å². The van der Waals surface area contributed by atoms with Gasteiger partial charge in [-0.1, -0.05) is 22.0 Å². The van der Waals surface area contributed by atoms with Crippen LogP contribution in [0.2, 0.25) is 0 Å². The predicted octanol–water partition coefficient (Wildman–Crippen LogP) is 2.25. The molecule has 0 aliphatic carbocycles. The standard InChI is InChI=1S/C15H20BrN5/c16-14-3-1-4-15(11-14)20-9-7-19(8-10-20)5-2-6-21-13-17-12-18-21/h1,3-4,11-13H,2,5-10H2. The molecule has 2 aromatic rings. The number of aromatic nitrogens is 3. The maximum atomic E-state index is 4.13. The summed E-state index contributed by atoms with van der Waals surface area (Å²) in [5, 5.41) is 4.13. The number of hydrogen-bond donors (Lipinski definition) is 0. The van der Waals surface area contributed by atoms with Crippen LogP contribution in [0.15, 0.2) is 41.4 Å². The van der Waals surface area contributed by atoms with Crippen LogP contribution >= 0.6 is 15.9 Å². The molecule has 0 spiro atoms. The summed E-state index contributed by atoms with van der Waals surface area (Å²) in [6.07, 6.45) is 4.50. The quantitative estimate of drug-likeness (QED) is 0.829. The predicted molar refractivity (Wildman–Crippen MR) is 87.4 cm³/mol. The van der Waals surface area contributed by atoms with Crippen LogP contribution in [0.4, 0.5) is 5.69 Å². The third kappa shape index (κ3) is 4.04. The van der Waals surface area contributed by atoms with E-state index in [0.717, 1.165) is 50.2 Å². The lowest BCUT2D eigenvalue weighted by molar-refractivity contribution is 0.249. The lowest BCUT2D eigenvalue weighted by Gasteiger charge is -2.36. The van der Waals surface area contributed by atoms with Gasteiger partial charge in [-0.2, -0.15) is 5.10 Å². The van der Waals surface area contributed by atoms with Gasteiger partial charge in [0, 0.05) is 49.4 Å². The average Bonchev–Trinajstić information content (AvgIpc) is 3.01. The van der Waals surface area contributed by atoms with Gasteiger partial charge in [-0.15, -0.1) is 0 Å². The van der Waals surface area contributed by atoms with Crippen LogP contribution in [-0.4, -0.2) is 52.4 Å². The van der Waals surface area contributed by atoms with E-state index in [4.69, 9.17) is 0 Å². The van der Waals surface area contributed by atoms with Crippen molar-refractivity contribution in [2.24, 2.45) is 0 Å². The first-order valence-electron chi connectivity index (χ1n) is 7.36. The molecule has 0 bridgehead atoms. The van der Waals surface area contributed by atoms with Crippen molar-refractivity contribution in [1.82, 2.24) is 19.7 Å². The van der Waals surface area contributed by atoms with Crippen molar-refractivity contribution in [2.45, 2.75) is 13.0 Å². The Hall–Kier alpha value is -1.40. The maximum Gasteiger partial charge on any atom is 0.137 e. The number of aryl methyl sites for hydroxylation is 1. The van der Waals surface area contributed by atoms with Gasteiger partial charge < -0.3 is 4.90 Å². The number of hydrogen-bond acceptors (Lipinski definition) is 4.